The van der Waals surface area contributed by atoms with Gasteiger partial charge in [-0.3, -0.25) is 14.6 Å². The third-order valence-corrected chi connectivity index (χ3v) is 6.07. The van der Waals surface area contributed by atoms with Crippen LogP contribution in [-0.4, -0.2) is 39.3 Å². The summed E-state index contributed by atoms with van der Waals surface area (Å²) in [5.41, 5.74) is 4.35. The molecule has 1 fully saturated rings. The number of nitrogens with zero attached hydrogens (tertiary/aromatic N) is 4. The monoisotopic (exact) mass is 424 g/mol. The molecule has 0 spiro atoms. The van der Waals surface area contributed by atoms with Crippen LogP contribution in [0.15, 0.2) is 79.6 Å². The zero-order valence-corrected chi connectivity index (χ0v) is 18.4. The van der Waals surface area contributed by atoms with Gasteiger partial charge in [0.2, 0.25) is 0 Å². The summed E-state index contributed by atoms with van der Waals surface area (Å²) in [4.78, 5) is 6.83. The molecule has 0 N–H and O–H groups in total. The van der Waals surface area contributed by atoms with E-state index < -0.39 is 0 Å². The smallest absolute Gasteiger partial charge is 0.127 e. The predicted molar refractivity (Wildman–Crippen MR) is 129 cm³/mol. The SMILES string of the molecule is C=CCN1CCC[C@H](n2nc(-c3ccc(Oc4cccc(C)c4)cc3)c3cnccc32)C1. The molecule has 5 nitrogen and oxygen atoms in total. The van der Waals surface area contributed by atoms with E-state index in [-0.39, 0.29) is 0 Å². The first kappa shape index (κ1) is 20.5. The number of rotatable bonds is 6. The molecule has 5 heteroatoms. The van der Waals surface area contributed by atoms with Crippen LogP contribution in [0.1, 0.15) is 24.4 Å². The standard InChI is InChI=1S/C27H28N4O/c1-3-15-30-16-5-7-22(19-30)31-26-13-14-28-18-25(26)27(29-31)21-9-11-23(12-10-21)32-24-8-4-6-20(2)17-24/h3-4,6,8-14,17-18,22H,1,5,7,15-16,19H2,2H3/t22-/m0/s1. The van der Waals surface area contributed by atoms with E-state index in [9.17, 15) is 0 Å². The van der Waals surface area contributed by atoms with Gasteiger partial charge in [0.1, 0.15) is 17.2 Å². The Labute approximate surface area is 189 Å². The first-order valence-corrected chi connectivity index (χ1v) is 11.2. The molecule has 0 radical (unpaired) electrons. The van der Waals surface area contributed by atoms with Crippen LogP contribution in [0.5, 0.6) is 11.5 Å². The minimum absolute atomic E-state index is 0.353. The van der Waals surface area contributed by atoms with Crippen LogP contribution in [0.2, 0.25) is 0 Å². The molecule has 1 aliphatic rings. The maximum absolute atomic E-state index is 6.02. The second-order valence-corrected chi connectivity index (χ2v) is 8.47. The van der Waals surface area contributed by atoms with Crippen LogP contribution in [0, 0.1) is 6.92 Å². The summed E-state index contributed by atoms with van der Waals surface area (Å²) >= 11 is 0. The fourth-order valence-electron chi connectivity index (χ4n) is 4.55. The zero-order chi connectivity index (χ0) is 21.9. The normalized spacial score (nSPS) is 16.8. The summed E-state index contributed by atoms with van der Waals surface area (Å²) in [7, 11) is 0. The summed E-state index contributed by atoms with van der Waals surface area (Å²) in [6, 6.07) is 18.7. The van der Waals surface area contributed by atoms with Crippen molar-refractivity contribution in [1.82, 2.24) is 19.7 Å². The van der Waals surface area contributed by atoms with E-state index in [1.807, 2.05) is 48.8 Å². The maximum atomic E-state index is 6.02. The third-order valence-electron chi connectivity index (χ3n) is 6.07. The molecular formula is C27H28N4O. The van der Waals surface area contributed by atoms with Gasteiger partial charge >= 0.3 is 0 Å². The van der Waals surface area contributed by atoms with Crippen molar-refractivity contribution in [2.24, 2.45) is 0 Å². The van der Waals surface area contributed by atoms with Gasteiger partial charge in [-0.25, -0.2) is 0 Å². The highest BCUT2D eigenvalue weighted by Gasteiger charge is 2.24. The van der Waals surface area contributed by atoms with Gasteiger partial charge < -0.3 is 4.74 Å². The van der Waals surface area contributed by atoms with Gasteiger partial charge in [-0.05, 0) is 74.3 Å². The van der Waals surface area contributed by atoms with Crippen molar-refractivity contribution in [1.29, 1.82) is 0 Å². The molecule has 0 saturated carbocycles. The first-order valence-electron chi connectivity index (χ1n) is 11.2. The molecule has 162 valence electrons. The van der Waals surface area contributed by atoms with Crippen LogP contribution >= 0.6 is 0 Å². The van der Waals surface area contributed by atoms with Crippen LogP contribution in [0.4, 0.5) is 0 Å². The molecule has 1 saturated heterocycles. The fraction of sp³-hybridized carbons (Fsp3) is 0.259. The third kappa shape index (κ3) is 4.16. The summed E-state index contributed by atoms with van der Waals surface area (Å²) in [5.74, 6) is 1.66. The van der Waals surface area contributed by atoms with E-state index in [1.165, 1.54) is 12.0 Å². The molecule has 3 heterocycles. The molecule has 5 rings (SSSR count). The number of pyridine rings is 1. The van der Waals surface area contributed by atoms with E-state index in [4.69, 9.17) is 9.84 Å². The van der Waals surface area contributed by atoms with Gasteiger partial charge in [-0.15, -0.1) is 6.58 Å². The lowest BCUT2D eigenvalue weighted by Crippen LogP contribution is -2.36. The summed E-state index contributed by atoms with van der Waals surface area (Å²) in [6.07, 6.45) is 8.07. The lowest BCUT2D eigenvalue weighted by Gasteiger charge is -2.32. The number of fused-ring (bicyclic) bond motifs is 1. The lowest BCUT2D eigenvalue weighted by molar-refractivity contribution is 0.188. The van der Waals surface area contributed by atoms with Crippen LogP contribution < -0.4 is 4.74 Å². The summed E-state index contributed by atoms with van der Waals surface area (Å²) < 4.78 is 8.23. The number of piperidine rings is 1. The Morgan fingerprint density at radius 1 is 1.12 bits per heavy atom. The van der Waals surface area contributed by atoms with Crippen LogP contribution in [0.3, 0.4) is 0 Å². The number of aromatic nitrogens is 3. The number of benzene rings is 2. The molecule has 0 amide bonds. The molecule has 2 aromatic carbocycles. The number of likely N-dealkylation sites (tertiary alicyclic amines) is 1. The highest BCUT2D eigenvalue weighted by atomic mass is 16.5. The van der Waals surface area contributed by atoms with E-state index in [0.29, 0.717) is 6.04 Å². The van der Waals surface area contributed by atoms with Crippen molar-refractivity contribution in [3.8, 4) is 22.8 Å². The highest BCUT2D eigenvalue weighted by Crippen LogP contribution is 2.33. The number of aryl methyl sites for hydroxylation is 1. The molecule has 0 unspecified atom stereocenters. The van der Waals surface area contributed by atoms with Gasteiger partial charge in [0.05, 0.1) is 11.6 Å². The van der Waals surface area contributed by atoms with Crippen LogP contribution in [-0.2, 0) is 0 Å². The molecular weight excluding hydrogens is 396 g/mol. The van der Waals surface area contributed by atoms with Gasteiger partial charge in [0, 0.05) is 36.4 Å². The molecule has 1 atom stereocenters. The Balaban J connectivity index is 1.45. The van der Waals surface area contributed by atoms with Crippen LogP contribution in [0.25, 0.3) is 22.2 Å². The summed E-state index contributed by atoms with van der Waals surface area (Å²) in [5, 5.41) is 6.17. The number of hydrogen-bond donors (Lipinski definition) is 0. The van der Waals surface area contributed by atoms with Crippen molar-refractivity contribution in [2.75, 3.05) is 19.6 Å². The Bertz CT molecular complexity index is 1230. The predicted octanol–water partition coefficient (Wildman–Crippen LogP) is 6.02. The Morgan fingerprint density at radius 2 is 2.00 bits per heavy atom. The van der Waals surface area contributed by atoms with Gasteiger partial charge in [0.15, 0.2) is 0 Å². The van der Waals surface area contributed by atoms with Gasteiger partial charge in [-0.1, -0.05) is 18.2 Å². The second-order valence-electron chi connectivity index (χ2n) is 8.47. The topological polar surface area (TPSA) is 43.2 Å². The quantitative estimate of drug-likeness (QED) is 0.355. The zero-order valence-electron chi connectivity index (χ0n) is 18.4. The van der Waals surface area contributed by atoms with Crippen molar-refractivity contribution in [2.45, 2.75) is 25.8 Å². The minimum atomic E-state index is 0.353. The molecule has 0 bridgehead atoms. The van der Waals surface area contributed by atoms with Crippen molar-refractivity contribution < 1.29 is 4.74 Å². The minimum Gasteiger partial charge on any atom is -0.457 e. The Hall–Kier alpha value is -3.44. The average molecular weight is 425 g/mol. The van der Waals surface area contributed by atoms with E-state index in [1.54, 1.807) is 0 Å². The molecule has 2 aromatic heterocycles. The molecule has 4 aromatic rings. The maximum Gasteiger partial charge on any atom is 0.127 e. The van der Waals surface area contributed by atoms with Crippen molar-refractivity contribution in [3.05, 3.63) is 85.2 Å². The molecule has 32 heavy (non-hydrogen) atoms. The Kier molecular flexibility index (Phi) is 5.73. The lowest BCUT2D eigenvalue weighted by atomic mass is 10.1. The number of hydrogen-bond acceptors (Lipinski definition) is 4. The highest BCUT2D eigenvalue weighted by molar-refractivity contribution is 5.92. The largest absolute Gasteiger partial charge is 0.457 e. The first-order chi connectivity index (χ1) is 15.7. The molecule has 0 aliphatic carbocycles. The van der Waals surface area contributed by atoms with E-state index in [2.05, 4.69) is 52.3 Å². The van der Waals surface area contributed by atoms with Gasteiger partial charge in [-0.2, -0.15) is 5.10 Å². The Morgan fingerprint density at radius 3 is 2.81 bits per heavy atom. The van der Waals surface area contributed by atoms with Crippen molar-refractivity contribution >= 4 is 10.9 Å². The summed E-state index contributed by atoms with van der Waals surface area (Å²) in [6.45, 7) is 9.01. The fourth-order valence-corrected chi connectivity index (χ4v) is 4.55. The molecule has 1 aliphatic heterocycles. The second kappa shape index (κ2) is 8.97. The van der Waals surface area contributed by atoms with E-state index in [0.717, 1.165) is 59.7 Å². The van der Waals surface area contributed by atoms with Crippen molar-refractivity contribution in [3.63, 3.8) is 0 Å². The van der Waals surface area contributed by atoms with Gasteiger partial charge in [0.25, 0.3) is 0 Å². The number of ether oxygens (including phenoxy) is 1. The average Bonchev–Trinajstić information content (AvgIpc) is 3.20. The van der Waals surface area contributed by atoms with E-state index >= 15 is 0 Å².